The molecular weight excluding hydrogens is 346 g/mol. The first kappa shape index (κ1) is 16.5. The lowest BCUT2D eigenvalue weighted by atomic mass is 10.0. The summed E-state index contributed by atoms with van der Waals surface area (Å²) in [5.74, 6) is 1.73. The topological polar surface area (TPSA) is 39.9 Å². The van der Waals surface area contributed by atoms with Crippen molar-refractivity contribution < 1.29 is 4.74 Å². The lowest BCUT2D eigenvalue weighted by Crippen LogP contribution is -1.99. The maximum atomic E-state index is 5.47. The van der Waals surface area contributed by atoms with E-state index in [1.165, 1.54) is 16.3 Å². The van der Waals surface area contributed by atoms with Gasteiger partial charge in [-0.25, -0.2) is 4.98 Å². The van der Waals surface area contributed by atoms with Gasteiger partial charge in [-0.15, -0.1) is 0 Å². The second kappa shape index (κ2) is 6.50. The summed E-state index contributed by atoms with van der Waals surface area (Å²) < 4.78 is 7.68. The molecule has 4 heteroatoms. The average molecular weight is 365 g/mol. The molecule has 0 bridgehead atoms. The molecule has 0 saturated heterocycles. The minimum Gasteiger partial charge on any atom is -0.497 e. The molecule has 0 saturated carbocycles. The molecule has 0 aliphatic carbocycles. The van der Waals surface area contributed by atoms with Crippen molar-refractivity contribution in [2.75, 3.05) is 7.11 Å². The smallest absolute Gasteiger partial charge is 0.137 e. The first-order chi connectivity index (χ1) is 13.8. The van der Waals surface area contributed by atoms with Gasteiger partial charge in [-0.3, -0.25) is 9.55 Å². The Bertz CT molecular complexity index is 1310. The molecule has 0 aliphatic rings. The minimum atomic E-state index is 0.835. The van der Waals surface area contributed by atoms with Crippen molar-refractivity contribution in [1.82, 2.24) is 14.5 Å². The summed E-state index contributed by atoms with van der Waals surface area (Å²) in [5, 5.41) is 2.40. The average Bonchev–Trinajstić information content (AvgIpc) is 3.08. The summed E-state index contributed by atoms with van der Waals surface area (Å²) in [4.78, 5) is 8.92. The molecule has 0 unspecified atom stereocenters. The highest BCUT2D eigenvalue weighted by molar-refractivity contribution is 6.09. The van der Waals surface area contributed by atoms with Crippen LogP contribution in [-0.4, -0.2) is 21.6 Å². The minimum absolute atomic E-state index is 0.835. The number of fused-ring (bicyclic) bond motifs is 3. The SMILES string of the molecule is COc1ccc2c3ccccc3n(-c3cc(C)c(-c4ccncc4)cn3)c2c1. The number of nitrogens with zero attached hydrogens (tertiary/aromatic N) is 3. The normalized spacial score (nSPS) is 11.2. The van der Waals surface area contributed by atoms with Gasteiger partial charge in [0.1, 0.15) is 11.6 Å². The van der Waals surface area contributed by atoms with Gasteiger partial charge in [-0.2, -0.15) is 0 Å². The van der Waals surface area contributed by atoms with E-state index in [1.807, 2.05) is 36.8 Å². The molecule has 0 radical (unpaired) electrons. The molecule has 3 heterocycles. The molecule has 0 aliphatic heterocycles. The summed E-state index contributed by atoms with van der Waals surface area (Å²) >= 11 is 0. The van der Waals surface area contributed by atoms with Crippen LogP contribution in [0, 0.1) is 6.92 Å². The molecule has 3 aromatic heterocycles. The fourth-order valence-corrected chi connectivity index (χ4v) is 3.82. The van der Waals surface area contributed by atoms with Crippen LogP contribution in [0.5, 0.6) is 5.75 Å². The van der Waals surface area contributed by atoms with Crippen molar-refractivity contribution in [3.63, 3.8) is 0 Å². The lowest BCUT2D eigenvalue weighted by Gasteiger charge is -2.11. The number of hydrogen-bond acceptors (Lipinski definition) is 3. The van der Waals surface area contributed by atoms with Gasteiger partial charge in [0, 0.05) is 41.0 Å². The highest BCUT2D eigenvalue weighted by Gasteiger charge is 2.14. The number of hydrogen-bond donors (Lipinski definition) is 0. The maximum absolute atomic E-state index is 5.47. The number of rotatable bonds is 3. The molecular formula is C24H19N3O. The molecule has 5 aromatic rings. The molecule has 0 amide bonds. The lowest BCUT2D eigenvalue weighted by molar-refractivity contribution is 0.415. The Labute approximate surface area is 163 Å². The van der Waals surface area contributed by atoms with Crippen molar-refractivity contribution >= 4 is 21.8 Å². The first-order valence-electron chi connectivity index (χ1n) is 9.21. The molecule has 4 nitrogen and oxygen atoms in total. The molecule has 0 N–H and O–H groups in total. The Kier molecular flexibility index (Phi) is 3.83. The van der Waals surface area contributed by atoms with E-state index < -0.39 is 0 Å². The van der Waals surface area contributed by atoms with E-state index in [2.05, 4.69) is 58.9 Å². The van der Waals surface area contributed by atoms with Crippen LogP contribution >= 0.6 is 0 Å². The van der Waals surface area contributed by atoms with Crippen molar-refractivity contribution in [3.05, 3.63) is 84.8 Å². The first-order valence-corrected chi connectivity index (χ1v) is 9.21. The molecule has 136 valence electrons. The second-order valence-corrected chi connectivity index (χ2v) is 6.83. The van der Waals surface area contributed by atoms with E-state index in [-0.39, 0.29) is 0 Å². The van der Waals surface area contributed by atoms with Crippen molar-refractivity contribution in [3.8, 4) is 22.7 Å². The van der Waals surface area contributed by atoms with Gasteiger partial charge in [-0.1, -0.05) is 18.2 Å². The summed E-state index contributed by atoms with van der Waals surface area (Å²) in [6, 6.07) is 20.8. The van der Waals surface area contributed by atoms with E-state index >= 15 is 0 Å². The zero-order chi connectivity index (χ0) is 19.1. The van der Waals surface area contributed by atoms with E-state index in [9.17, 15) is 0 Å². The summed E-state index contributed by atoms with van der Waals surface area (Å²) in [5.41, 5.74) is 5.63. The van der Waals surface area contributed by atoms with Crippen LogP contribution in [0.2, 0.25) is 0 Å². The fraction of sp³-hybridized carbons (Fsp3) is 0.0833. The number of benzene rings is 2. The monoisotopic (exact) mass is 365 g/mol. The third-order valence-corrected chi connectivity index (χ3v) is 5.20. The Morgan fingerprint density at radius 2 is 1.64 bits per heavy atom. The molecule has 5 rings (SSSR count). The van der Waals surface area contributed by atoms with Crippen LogP contribution in [0.15, 0.2) is 79.3 Å². The van der Waals surface area contributed by atoms with E-state index in [0.29, 0.717) is 0 Å². The van der Waals surface area contributed by atoms with Crippen LogP contribution in [0.1, 0.15) is 5.56 Å². The van der Waals surface area contributed by atoms with Gasteiger partial charge >= 0.3 is 0 Å². The summed E-state index contributed by atoms with van der Waals surface area (Å²) in [7, 11) is 1.69. The molecule has 0 atom stereocenters. The largest absolute Gasteiger partial charge is 0.497 e. The van der Waals surface area contributed by atoms with Crippen molar-refractivity contribution in [2.24, 2.45) is 0 Å². The maximum Gasteiger partial charge on any atom is 0.137 e. The number of methoxy groups -OCH3 is 1. The van der Waals surface area contributed by atoms with Gasteiger partial charge in [0.25, 0.3) is 0 Å². The van der Waals surface area contributed by atoms with Crippen LogP contribution < -0.4 is 4.74 Å². The predicted molar refractivity (Wildman–Crippen MR) is 113 cm³/mol. The second-order valence-electron chi connectivity index (χ2n) is 6.83. The predicted octanol–water partition coefficient (Wildman–Crippen LogP) is 5.56. The van der Waals surface area contributed by atoms with Gasteiger partial charge in [0.05, 0.1) is 18.1 Å². The number of para-hydroxylation sites is 1. The standard InChI is InChI=1S/C24H19N3O/c1-16-13-24(26-15-21(16)17-9-11-25-12-10-17)27-22-6-4-3-5-19(22)20-8-7-18(28-2)14-23(20)27/h3-15H,1-2H3. The molecule has 0 spiro atoms. The number of aryl methyl sites for hydroxylation is 1. The molecule has 0 fully saturated rings. The zero-order valence-electron chi connectivity index (χ0n) is 15.8. The van der Waals surface area contributed by atoms with Crippen molar-refractivity contribution in [1.29, 1.82) is 0 Å². The highest BCUT2D eigenvalue weighted by Crippen LogP contribution is 2.34. The van der Waals surface area contributed by atoms with Crippen molar-refractivity contribution in [2.45, 2.75) is 6.92 Å². The Hall–Kier alpha value is -3.66. The number of pyridine rings is 2. The Morgan fingerprint density at radius 3 is 2.43 bits per heavy atom. The van der Waals surface area contributed by atoms with Crippen LogP contribution in [0.4, 0.5) is 0 Å². The Morgan fingerprint density at radius 1 is 0.857 bits per heavy atom. The number of ether oxygens (including phenoxy) is 1. The zero-order valence-corrected chi connectivity index (χ0v) is 15.8. The fourth-order valence-electron chi connectivity index (χ4n) is 3.82. The number of aromatic nitrogens is 3. The van der Waals surface area contributed by atoms with Crippen LogP contribution in [0.3, 0.4) is 0 Å². The van der Waals surface area contributed by atoms with Crippen LogP contribution in [0.25, 0.3) is 38.8 Å². The van der Waals surface area contributed by atoms with Gasteiger partial charge in [-0.05, 0) is 54.4 Å². The van der Waals surface area contributed by atoms with Gasteiger partial charge in [0.2, 0.25) is 0 Å². The third kappa shape index (κ3) is 2.54. The summed E-state index contributed by atoms with van der Waals surface area (Å²) in [6.45, 7) is 2.12. The van der Waals surface area contributed by atoms with E-state index in [0.717, 1.165) is 33.7 Å². The van der Waals surface area contributed by atoms with E-state index in [4.69, 9.17) is 9.72 Å². The Balaban J connectivity index is 1.77. The highest BCUT2D eigenvalue weighted by atomic mass is 16.5. The third-order valence-electron chi connectivity index (χ3n) is 5.20. The summed E-state index contributed by atoms with van der Waals surface area (Å²) in [6.07, 6.45) is 5.56. The quantitative estimate of drug-likeness (QED) is 0.420. The van der Waals surface area contributed by atoms with Crippen LogP contribution in [-0.2, 0) is 0 Å². The van der Waals surface area contributed by atoms with E-state index in [1.54, 1.807) is 7.11 Å². The molecule has 28 heavy (non-hydrogen) atoms. The van der Waals surface area contributed by atoms with Gasteiger partial charge in [0.15, 0.2) is 0 Å². The van der Waals surface area contributed by atoms with Gasteiger partial charge < -0.3 is 4.74 Å². The molecule has 2 aromatic carbocycles.